The molecule has 0 aliphatic heterocycles. The van der Waals surface area contributed by atoms with Gasteiger partial charge in [0.1, 0.15) is 0 Å². The maximum absolute atomic E-state index is 11.2. The van der Waals surface area contributed by atoms with E-state index in [-0.39, 0.29) is 6.42 Å². The molecule has 0 aromatic heterocycles. The van der Waals surface area contributed by atoms with Crippen LogP contribution in [0.2, 0.25) is 0 Å². The molecular formula is C26H43NO3. The zero-order valence-electron chi connectivity index (χ0n) is 19.1. The molecule has 0 aliphatic carbocycles. The molecule has 1 rings (SSSR count). The number of benzene rings is 1. The maximum Gasteiger partial charge on any atom is 0.372 e. The summed E-state index contributed by atoms with van der Waals surface area (Å²) in [7, 11) is 0. The summed E-state index contributed by atoms with van der Waals surface area (Å²) in [6, 6.07) is 7.45. The van der Waals surface area contributed by atoms with Crippen molar-refractivity contribution < 1.29 is 14.7 Å². The van der Waals surface area contributed by atoms with Gasteiger partial charge in [-0.25, -0.2) is 4.79 Å². The number of carbonyl (C=O) groups is 2. The molecule has 1 aromatic carbocycles. The number of hydrogen-bond donors (Lipinski definition) is 2. The van der Waals surface area contributed by atoms with E-state index in [1.54, 1.807) is 0 Å². The number of carboxylic acid groups (broad SMARTS) is 1. The van der Waals surface area contributed by atoms with E-state index in [4.69, 9.17) is 5.11 Å². The van der Waals surface area contributed by atoms with Crippen molar-refractivity contribution >= 4 is 17.4 Å². The van der Waals surface area contributed by atoms with E-state index in [1.807, 2.05) is 24.3 Å². The highest BCUT2D eigenvalue weighted by Gasteiger charge is 2.11. The van der Waals surface area contributed by atoms with Crippen LogP contribution in [-0.4, -0.2) is 23.4 Å². The first kappa shape index (κ1) is 26.2. The number of aliphatic carboxylic acids is 1. The Bertz CT molecular complexity index is 568. The van der Waals surface area contributed by atoms with Gasteiger partial charge in [-0.2, -0.15) is 0 Å². The van der Waals surface area contributed by atoms with E-state index < -0.39 is 11.8 Å². The molecule has 4 heteroatoms. The maximum atomic E-state index is 11.2. The van der Waals surface area contributed by atoms with Crippen LogP contribution >= 0.6 is 0 Å². The molecule has 0 saturated carbocycles. The summed E-state index contributed by atoms with van der Waals surface area (Å²) >= 11 is 0. The number of Topliss-reactive ketones (excluding diaryl/α,β-unsaturated/α-hetero) is 1. The third-order valence-electron chi connectivity index (χ3n) is 5.67. The fraction of sp³-hybridized carbons (Fsp3) is 0.692. The predicted molar refractivity (Wildman–Crippen MR) is 126 cm³/mol. The van der Waals surface area contributed by atoms with Gasteiger partial charge in [0, 0.05) is 18.7 Å². The van der Waals surface area contributed by atoms with Gasteiger partial charge in [-0.1, -0.05) is 109 Å². The van der Waals surface area contributed by atoms with E-state index in [0.29, 0.717) is 0 Å². The van der Waals surface area contributed by atoms with Gasteiger partial charge >= 0.3 is 5.97 Å². The smallest absolute Gasteiger partial charge is 0.372 e. The second-order valence-corrected chi connectivity index (χ2v) is 8.48. The van der Waals surface area contributed by atoms with Gasteiger partial charge in [-0.15, -0.1) is 0 Å². The largest absolute Gasteiger partial charge is 0.475 e. The summed E-state index contributed by atoms with van der Waals surface area (Å²) in [6.07, 6.45) is 20.5. The zero-order valence-corrected chi connectivity index (χ0v) is 19.1. The molecule has 0 spiro atoms. The number of hydrogen-bond acceptors (Lipinski definition) is 3. The molecule has 170 valence electrons. The lowest BCUT2D eigenvalue weighted by molar-refractivity contribution is -0.148. The molecule has 0 fully saturated rings. The molecule has 0 unspecified atom stereocenters. The first-order valence-corrected chi connectivity index (χ1v) is 12.2. The normalized spacial score (nSPS) is 10.8. The number of carboxylic acids is 1. The van der Waals surface area contributed by atoms with Crippen molar-refractivity contribution in [3.8, 4) is 0 Å². The summed E-state index contributed by atoms with van der Waals surface area (Å²) < 4.78 is 0. The predicted octanol–water partition coefficient (Wildman–Crippen LogP) is 7.17. The molecule has 2 N–H and O–H groups in total. The van der Waals surface area contributed by atoms with Gasteiger partial charge in [0.2, 0.25) is 5.78 Å². The van der Waals surface area contributed by atoms with Crippen molar-refractivity contribution in [2.75, 3.05) is 11.9 Å². The van der Waals surface area contributed by atoms with Gasteiger partial charge in [-0.3, -0.25) is 4.79 Å². The Labute approximate surface area is 183 Å². The Hall–Kier alpha value is -1.84. The summed E-state index contributed by atoms with van der Waals surface area (Å²) in [6.45, 7) is 3.22. The van der Waals surface area contributed by atoms with Gasteiger partial charge < -0.3 is 10.4 Å². The average Bonchev–Trinajstić information content (AvgIpc) is 2.74. The Balaban J connectivity index is 1.88. The van der Waals surface area contributed by atoms with E-state index in [0.717, 1.165) is 24.2 Å². The van der Waals surface area contributed by atoms with Crippen LogP contribution in [0, 0.1) is 0 Å². The summed E-state index contributed by atoms with van der Waals surface area (Å²) in [5, 5.41) is 12.0. The third-order valence-corrected chi connectivity index (χ3v) is 5.67. The zero-order chi connectivity index (χ0) is 21.9. The Morgan fingerprint density at radius 3 is 1.57 bits per heavy atom. The Morgan fingerprint density at radius 2 is 1.13 bits per heavy atom. The van der Waals surface area contributed by atoms with Crippen molar-refractivity contribution in [2.24, 2.45) is 0 Å². The molecule has 0 radical (unpaired) electrons. The quantitative estimate of drug-likeness (QED) is 0.174. The van der Waals surface area contributed by atoms with Crippen LogP contribution in [0.3, 0.4) is 0 Å². The number of rotatable bonds is 20. The van der Waals surface area contributed by atoms with Crippen molar-refractivity contribution in [1.82, 2.24) is 0 Å². The summed E-state index contributed by atoms with van der Waals surface area (Å²) in [5.74, 6) is -2.14. The number of nitrogens with one attached hydrogen (secondary N) is 1. The van der Waals surface area contributed by atoms with Gasteiger partial charge in [0.15, 0.2) is 0 Å². The Morgan fingerprint density at radius 1 is 0.700 bits per heavy atom. The lowest BCUT2D eigenvalue weighted by Gasteiger charge is -2.07. The first-order valence-electron chi connectivity index (χ1n) is 12.2. The molecule has 0 amide bonds. The van der Waals surface area contributed by atoms with Crippen molar-refractivity contribution in [3.05, 3.63) is 29.8 Å². The van der Waals surface area contributed by atoms with E-state index in [9.17, 15) is 9.59 Å². The number of carbonyl (C=O) groups excluding carboxylic acids is 1. The highest BCUT2D eigenvalue weighted by atomic mass is 16.4. The molecule has 0 atom stereocenters. The number of unbranched alkanes of at least 4 members (excludes halogenated alkanes) is 14. The third kappa shape index (κ3) is 14.2. The fourth-order valence-electron chi connectivity index (χ4n) is 3.73. The van der Waals surface area contributed by atoms with Crippen molar-refractivity contribution in [3.63, 3.8) is 0 Å². The minimum absolute atomic E-state index is 0.0470. The summed E-state index contributed by atoms with van der Waals surface area (Å²) in [5.41, 5.74) is 1.76. The second kappa shape index (κ2) is 18.0. The van der Waals surface area contributed by atoms with E-state index in [1.165, 1.54) is 89.9 Å². The van der Waals surface area contributed by atoms with Crippen LogP contribution in [0.25, 0.3) is 0 Å². The highest BCUT2D eigenvalue weighted by Crippen LogP contribution is 2.14. The van der Waals surface area contributed by atoms with Crippen LogP contribution in [0.5, 0.6) is 0 Å². The SMILES string of the molecule is CCCCCCCCCCCCCCCCCNc1ccc(CC(=O)C(=O)O)cc1. The van der Waals surface area contributed by atoms with E-state index >= 15 is 0 Å². The molecule has 0 bridgehead atoms. The molecule has 0 aliphatic rings. The van der Waals surface area contributed by atoms with Crippen molar-refractivity contribution in [1.29, 1.82) is 0 Å². The van der Waals surface area contributed by atoms with Gasteiger partial charge in [0.25, 0.3) is 0 Å². The monoisotopic (exact) mass is 417 g/mol. The molecule has 0 saturated heterocycles. The lowest BCUT2D eigenvalue weighted by Crippen LogP contribution is -2.14. The lowest BCUT2D eigenvalue weighted by atomic mass is 10.0. The standard InChI is InChI=1S/C26H43NO3/c1-2-3-4-5-6-7-8-9-10-11-12-13-14-15-16-21-27-24-19-17-23(18-20-24)22-25(28)26(29)30/h17-20,27H,2-16,21-22H2,1H3,(H,29,30). The summed E-state index contributed by atoms with van der Waals surface area (Å²) in [4.78, 5) is 21.8. The fourth-order valence-corrected chi connectivity index (χ4v) is 3.73. The molecule has 0 heterocycles. The Kier molecular flexibility index (Phi) is 15.7. The van der Waals surface area contributed by atoms with E-state index in [2.05, 4.69) is 12.2 Å². The van der Waals surface area contributed by atoms with Crippen molar-refractivity contribution in [2.45, 2.75) is 110 Å². The molecular weight excluding hydrogens is 374 g/mol. The second-order valence-electron chi connectivity index (χ2n) is 8.48. The minimum Gasteiger partial charge on any atom is -0.475 e. The van der Waals surface area contributed by atoms with Crippen LogP contribution in [0.4, 0.5) is 5.69 Å². The van der Waals surface area contributed by atoms with Crippen LogP contribution in [0.15, 0.2) is 24.3 Å². The molecule has 4 nitrogen and oxygen atoms in total. The topological polar surface area (TPSA) is 66.4 Å². The highest BCUT2D eigenvalue weighted by molar-refractivity contribution is 6.33. The first-order chi connectivity index (χ1) is 14.6. The minimum atomic E-state index is -1.37. The van der Waals surface area contributed by atoms with Crippen LogP contribution in [-0.2, 0) is 16.0 Å². The number of ketones is 1. The van der Waals surface area contributed by atoms with Crippen LogP contribution in [0.1, 0.15) is 109 Å². The molecule has 30 heavy (non-hydrogen) atoms. The number of anilines is 1. The van der Waals surface area contributed by atoms with Gasteiger partial charge in [-0.05, 0) is 24.1 Å². The molecule has 1 aromatic rings. The van der Waals surface area contributed by atoms with Crippen LogP contribution < -0.4 is 5.32 Å². The van der Waals surface area contributed by atoms with Gasteiger partial charge in [0.05, 0.1) is 0 Å². The average molecular weight is 418 g/mol.